The van der Waals surface area contributed by atoms with E-state index in [0.29, 0.717) is 16.9 Å². The van der Waals surface area contributed by atoms with Crippen molar-refractivity contribution in [2.75, 3.05) is 45.0 Å². The summed E-state index contributed by atoms with van der Waals surface area (Å²) in [6, 6.07) is 0.609. The van der Waals surface area contributed by atoms with Crippen LogP contribution in [0, 0.1) is 11.8 Å². The number of aliphatic hydroxyl groups excluding tert-OH is 2. The molecule has 5 rings (SSSR count). The molecule has 12 heteroatoms. The number of nitrogens with one attached hydrogen (secondary N) is 1. The van der Waals surface area contributed by atoms with Crippen molar-refractivity contribution in [2.45, 2.75) is 24.5 Å². The Balaban J connectivity index is 1.77. The number of anilines is 2. The first-order chi connectivity index (χ1) is 17.3. The molecule has 0 saturated heterocycles. The third kappa shape index (κ3) is 3.22. The fraction of sp³-hybridized carbons (Fsp3) is 0.440. The summed E-state index contributed by atoms with van der Waals surface area (Å²) in [5.41, 5.74) is 3.60. The normalized spacial score (nSPS) is 28.7. The maximum atomic E-state index is 14.0. The number of benzene rings is 1. The monoisotopic (exact) mass is 512 g/mol. The minimum Gasteiger partial charge on any atom is -0.508 e. The molecular weight excluding hydrogens is 484 g/mol. The van der Waals surface area contributed by atoms with Gasteiger partial charge in [-0.15, -0.1) is 0 Å². The molecule has 4 atom stereocenters. The van der Waals surface area contributed by atoms with E-state index in [4.69, 9.17) is 10.5 Å². The molecule has 0 spiro atoms. The largest absolute Gasteiger partial charge is 0.508 e. The van der Waals surface area contributed by atoms with E-state index in [0.717, 1.165) is 0 Å². The molecular formula is C25H28N4O8. The van der Waals surface area contributed by atoms with E-state index in [1.165, 1.54) is 4.90 Å². The van der Waals surface area contributed by atoms with Crippen molar-refractivity contribution >= 4 is 40.5 Å². The van der Waals surface area contributed by atoms with Crippen molar-refractivity contribution < 1.29 is 39.2 Å². The smallest absolute Gasteiger partial charge is 0.262 e. The number of fused-ring (bicyclic) bond motifs is 5. The number of rotatable bonds is 3. The topological polar surface area (TPSA) is 183 Å². The van der Waals surface area contributed by atoms with Gasteiger partial charge in [-0.3, -0.25) is 24.1 Å². The number of nitrogens with zero attached hydrogens (tertiary/aromatic N) is 2. The number of primary amides is 1. The summed E-state index contributed by atoms with van der Waals surface area (Å²) >= 11 is 0. The number of hydrogen-bond acceptors (Lipinski definition) is 10. The van der Waals surface area contributed by atoms with Crippen molar-refractivity contribution in [3.05, 3.63) is 34.1 Å². The van der Waals surface area contributed by atoms with E-state index in [2.05, 4.69) is 5.32 Å². The Kier molecular flexibility index (Phi) is 5.39. The van der Waals surface area contributed by atoms with Gasteiger partial charge in [0.1, 0.15) is 17.1 Å². The van der Waals surface area contributed by atoms with Crippen LogP contribution in [-0.2, 0) is 25.6 Å². The first-order valence-corrected chi connectivity index (χ1v) is 11.7. The lowest BCUT2D eigenvalue weighted by molar-refractivity contribution is -0.153. The van der Waals surface area contributed by atoms with Gasteiger partial charge in [0.2, 0.25) is 5.78 Å². The Bertz CT molecular complexity index is 1360. The Morgan fingerprint density at radius 1 is 1.19 bits per heavy atom. The van der Waals surface area contributed by atoms with Crippen LogP contribution >= 0.6 is 0 Å². The number of aliphatic hydroxyl groups is 3. The summed E-state index contributed by atoms with van der Waals surface area (Å²) in [5, 5.41) is 36.9. The molecule has 1 heterocycles. The highest BCUT2D eigenvalue weighted by Crippen LogP contribution is 2.55. The van der Waals surface area contributed by atoms with Gasteiger partial charge in [-0.2, -0.15) is 0 Å². The summed E-state index contributed by atoms with van der Waals surface area (Å²) in [5.74, 6) is -6.53. The van der Waals surface area contributed by atoms with Crippen LogP contribution in [0.4, 0.5) is 11.4 Å². The third-order valence-electron chi connectivity index (χ3n) is 7.78. The molecule has 1 aliphatic heterocycles. The summed E-state index contributed by atoms with van der Waals surface area (Å²) in [7, 11) is 6.72. The van der Waals surface area contributed by atoms with Gasteiger partial charge in [0.15, 0.2) is 23.7 Å². The quantitative estimate of drug-likeness (QED) is 0.336. The molecule has 0 aromatic heterocycles. The van der Waals surface area contributed by atoms with E-state index in [1.807, 2.05) is 0 Å². The fourth-order valence-electron chi connectivity index (χ4n) is 6.24. The second-order valence-corrected chi connectivity index (χ2v) is 10.3. The zero-order chi connectivity index (χ0) is 27.1. The van der Waals surface area contributed by atoms with Crippen LogP contribution in [0.1, 0.15) is 17.5 Å². The Morgan fingerprint density at radius 3 is 2.46 bits per heavy atom. The zero-order valence-corrected chi connectivity index (χ0v) is 20.8. The second-order valence-electron chi connectivity index (χ2n) is 10.3. The van der Waals surface area contributed by atoms with Crippen LogP contribution in [-0.4, -0.2) is 90.0 Å². The maximum absolute atomic E-state index is 14.0. The standard InChI is InChI=1S/C25H28N4O8/c1-28(2)13-7-12-21(37-8-14(30)27-12)16-10(13)5-9-6-11-18(29(3)4)20(32)17(24(26)35)23(34)25(11,36)22(33)15(9)19(16)31/h7,9,11,18,31,34,36H,5-6,8H2,1-4H3,(H2,26,35)(H,27,30)/t9-,11-,18?,25-/m0/s1. The zero-order valence-electron chi connectivity index (χ0n) is 20.8. The van der Waals surface area contributed by atoms with Gasteiger partial charge in [0.05, 0.1) is 17.3 Å². The van der Waals surface area contributed by atoms with E-state index >= 15 is 0 Å². The highest BCUT2D eigenvalue weighted by Gasteiger charge is 2.64. The minimum atomic E-state index is -2.65. The van der Waals surface area contributed by atoms with Crippen LogP contribution in [0.2, 0.25) is 0 Å². The summed E-state index contributed by atoms with van der Waals surface area (Å²) < 4.78 is 5.65. The van der Waals surface area contributed by atoms with Gasteiger partial charge < -0.3 is 36.0 Å². The molecule has 1 unspecified atom stereocenters. The number of hydrogen-bond donors (Lipinski definition) is 5. The van der Waals surface area contributed by atoms with Crippen LogP contribution in [0.25, 0.3) is 5.76 Å². The van der Waals surface area contributed by atoms with E-state index in [-0.39, 0.29) is 42.2 Å². The van der Waals surface area contributed by atoms with E-state index in [9.17, 15) is 34.5 Å². The highest BCUT2D eigenvalue weighted by atomic mass is 16.5. The molecule has 1 aromatic rings. The molecule has 6 N–H and O–H groups in total. The predicted octanol–water partition coefficient (Wildman–Crippen LogP) is -0.345. The average Bonchev–Trinajstić information content (AvgIpc) is 2.80. The van der Waals surface area contributed by atoms with Gasteiger partial charge in [-0.05, 0) is 44.5 Å². The molecule has 1 saturated carbocycles. The van der Waals surface area contributed by atoms with Gasteiger partial charge in [-0.1, -0.05) is 0 Å². The Labute approximate surface area is 212 Å². The minimum absolute atomic E-state index is 0.0489. The summed E-state index contributed by atoms with van der Waals surface area (Å²) in [4.78, 5) is 54.5. The van der Waals surface area contributed by atoms with Gasteiger partial charge in [0, 0.05) is 31.3 Å². The average molecular weight is 513 g/mol. The number of amides is 2. The second kappa shape index (κ2) is 8.05. The van der Waals surface area contributed by atoms with E-state index < -0.39 is 58.0 Å². The van der Waals surface area contributed by atoms with E-state index in [1.54, 1.807) is 39.2 Å². The van der Waals surface area contributed by atoms with Crippen LogP contribution in [0.3, 0.4) is 0 Å². The van der Waals surface area contributed by atoms with Crippen LogP contribution in [0.15, 0.2) is 23.0 Å². The van der Waals surface area contributed by atoms with Gasteiger partial charge in [0.25, 0.3) is 11.8 Å². The molecule has 0 bridgehead atoms. The lowest BCUT2D eigenvalue weighted by Crippen LogP contribution is -2.65. The first kappa shape index (κ1) is 24.8. The van der Waals surface area contributed by atoms with Gasteiger partial charge >= 0.3 is 0 Å². The number of ketones is 2. The number of likely N-dealkylation sites (N-methyl/N-ethyl adjacent to an activating group) is 1. The van der Waals surface area contributed by atoms with Crippen molar-refractivity contribution in [1.29, 1.82) is 0 Å². The molecule has 1 fully saturated rings. The van der Waals surface area contributed by atoms with Crippen molar-refractivity contribution in [2.24, 2.45) is 17.6 Å². The van der Waals surface area contributed by atoms with Crippen molar-refractivity contribution in [3.63, 3.8) is 0 Å². The number of carbonyl (C=O) groups excluding carboxylic acids is 4. The highest BCUT2D eigenvalue weighted by molar-refractivity contribution is 6.24. The molecule has 1 aromatic carbocycles. The molecule has 2 amide bonds. The molecule has 196 valence electrons. The fourth-order valence-corrected chi connectivity index (χ4v) is 6.24. The summed E-state index contributed by atoms with van der Waals surface area (Å²) in [6.45, 7) is -0.287. The van der Waals surface area contributed by atoms with Crippen LogP contribution < -0.4 is 20.7 Å². The van der Waals surface area contributed by atoms with Crippen molar-refractivity contribution in [1.82, 2.24) is 4.90 Å². The molecule has 37 heavy (non-hydrogen) atoms. The predicted molar refractivity (Wildman–Crippen MR) is 131 cm³/mol. The maximum Gasteiger partial charge on any atom is 0.262 e. The number of nitrogens with two attached hydrogens (primary N) is 1. The summed E-state index contributed by atoms with van der Waals surface area (Å²) in [6.07, 6.45) is 0.306. The van der Waals surface area contributed by atoms with Gasteiger partial charge in [-0.25, -0.2) is 0 Å². The molecule has 12 nitrogen and oxygen atoms in total. The Hall–Kier alpha value is -3.90. The lowest BCUT2D eigenvalue weighted by atomic mass is 9.57. The third-order valence-corrected chi connectivity index (χ3v) is 7.78. The van der Waals surface area contributed by atoms with Crippen LogP contribution in [0.5, 0.6) is 5.75 Å². The molecule has 3 aliphatic carbocycles. The SMILES string of the molecule is CN(C)c1cc2c(c3c1C[C@H]1C[C@H]4C(N(C)C)C(=O)C(C(N)=O)=C(O)[C@@]4(O)C(=O)C1=C3O)OCC(=O)N2. The number of ether oxygens (including phenoxy) is 1. The molecule has 4 aliphatic rings. The number of Topliss-reactive ketones (excluding diaryl/α,β-unsaturated/α-hetero) is 2. The molecule has 0 radical (unpaired) electrons. The van der Waals surface area contributed by atoms with Crippen molar-refractivity contribution in [3.8, 4) is 5.75 Å². The lowest BCUT2D eigenvalue weighted by Gasteiger charge is -2.50. The first-order valence-electron chi connectivity index (χ1n) is 11.7. The number of carbonyl (C=O) groups is 4. The Morgan fingerprint density at radius 2 is 1.86 bits per heavy atom.